The van der Waals surface area contributed by atoms with Gasteiger partial charge in [-0.15, -0.1) is 0 Å². The topological polar surface area (TPSA) is 87.4 Å². The second kappa shape index (κ2) is 8.29. The summed E-state index contributed by atoms with van der Waals surface area (Å²) in [7, 11) is -6.09. The summed E-state index contributed by atoms with van der Waals surface area (Å²) < 4.78 is 68.7. The summed E-state index contributed by atoms with van der Waals surface area (Å²) in [6, 6.07) is 8.31. The van der Waals surface area contributed by atoms with Gasteiger partial charge in [-0.2, -0.15) is 13.2 Å². The number of carbonyl (C=O) groups excluding carboxylic acids is 1. The van der Waals surface area contributed by atoms with Gasteiger partial charge in [-0.25, -0.2) is 8.42 Å². The molecule has 134 valence electrons. The second-order valence-corrected chi connectivity index (χ2v) is 9.28. The van der Waals surface area contributed by atoms with Gasteiger partial charge in [0.15, 0.2) is 10.1 Å². The molecule has 11 heteroatoms. The molecule has 1 heterocycles. The molecule has 1 aromatic carbocycles. The van der Waals surface area contributed by atoms with E-state index in [0.717, 1.165) is 0 Å². The molecule has 0 amide bonds. The molecule has 2 rings (SSSR count). The summed E-state index contributed by atoms with van der Waals surface area (Å²) in [6.45, 7) is 4.74. The van der Waals surface area contributed by atoms with Crippen LogP contribution >= 0.6 is 0 Å². The van der Waals surface area contributed by atoms with E-state index in [4.69, 9.17) is 17.7 Å². The van der Waals surface area contributed by atoms with Crippen molar-refractivity contribution in [3.8, 4) is 0 Å². The van der Waals surface area contributed by atoms with Gasteiger partial charge in [0.25, 0.3) is 0 Å². The molecule has 0 aliphatic carbocycles. The Kier molecular flexibility index (Phi) is 7.22. The van der Waals surface area contributed by atoms with Crippen molar-refractivity contribution in [2.45, 2.75) is 25.9 Å². The molecule has 0 radical (unpaired) electrons. The van der Waals surface area contributed by atoms with Crippen LogP contribution in [-0.2, 0) is 26.2 Å². The van der Waals surface area contributed by atoms with E-state index in [1.54, 1.807) is 0 Å². The monoisotopic (exact) mass is 483 g/mol. The first kappa shape index (κ1) is 20.9. The van der Waals surface area contributed by atoms with E-state index >= 15 is 0 Å². The maximum atomic E-state index is 11.5. The Labute approximate surface area is 146 Å². The van der Waals surface area contributed by atoms with Crippen LogP contribution in [-0.4, -0.2) is 51.5 Å². The number of nitrogens with zero attached hydrogens (tertiary/aromatic N) is 1. The Morgan fingerprint density at radius 2 is 1.88 bits per heavy atom. The van der Waals surface area contributed by atoms with Crippen LogP contribution in [0.5, 0.6) is 0 Å². The zero-order valence-corrected chi connectivity index (χ0v) is 15.8. The molecule has 0 spiro atoms. The van der Waals surface area contributed by atoms with Gasteiger partial charge in [-0.1, -0.05) is 0 Å². The average Bonchev–Trinajstić information content (AvgIpc) is 2.74. The van der Waals surface area contributed by atoms with E-state index in [0.29, 0.717) is 13.2 Å². The molecule has 24 heavy (non-hydrogen) atoms. The van der Waals surface area contributed by atoms with E-state index in [1.165, 1.54) is 12.6 Å². The SMILES string of the molecule is CCOC(=O)C[n+]1c(C)[te]c2ccccc21.O=S(=O)([O-])C(F)(F)F. The number of ether oxygens (including phenoxy) is 1. The third kappa shape index (κ3) is 5.73. The maximum absolute atomic E-state index is 11.5. The fraction of sp³-hybridized carbons (Fsp3) is 0.385. The number of alkyl halides is 3. The minimum absolute atomic E-state index is 0.147. The quantitative estimate of drug-likeness (QED) is 0.216. The van der Waals surface area contributed by atoms with E-state index in [1.807, 2.05) is 13.0 Å². The summed E-state index contributed by atoms with van der Waals surface area (Å²) in [4.78, 5) is 11.5. The predicted molar refractivity (Wildman–Crippen MR) is 78.2 cm³/mol. The molecule has 2 aromatic rings. The predicted octanol–water partition coefficient (Wildman–Crippen LogP) is 1.11. The number of aromatic nitrogens is 1. The van der Waals surface area contributed by atoms with Crippen molar-refractivity contribution < 1.29 is 40.2 Å². The fourth-order valence-electron chi connectivity index (χ4n) is 1.68. The van der Waals surface area contributed by atoms with Crippen LogP contribution < -0.4 is 4.57 Å². The zero-order valence-electron chi connectivity index (χ0n) is 12.7. The molecule has 0 atom stereocenters. The van der Waals surface area contributed by atoms with Crippen molar-refractivity contribution in [3.05, 3.63) is 28.0 Å². The number of halogens is 3. The Morgan fingerprint density at radius 3 is 2.38 bits per heavy atom. The average molecular weight is 481 g/mol. The standard InChI is InChI=1S/C12H14NO2Te.CHF3O3S/c1-3-15-12(14)8-13-9(2)16-11-7-5-4-6-10(11)13;2-1(3,4)8(5,6)7/h4-7H,3,8H2,1-2H3;(H,5,6,7)/q+1;/p-1. The number of benzene rings is 1. The molecule has 0 fully saturated rings. The van der Waals surface area contributed by atoms with E-state index < -0.39 is 15.6 Å². The number of hydrogen-bond donors (Lipinski definition) is 0. The maximum Gasteiger partial charge on any atom is 0.485 e. The van der Waals surface area contributed by atoms with Crippen molar-refractivity contribution >= 4 is 45.4 Å². The Hall–Kier alpha value is -1.15. The smallest absolute Gasteiger partial charge is 0.485 e. The van der Waals surface area contributed by atoms with Crippen molar-refractivity contribution in [1.29, 1.82) is 0 Å². The molecule has 6 nitrogen and oxygen atoms in total. The molecule has 0 N–H and O–H groups in total. The number of para-hydroxylation sites is 1. The molecule has 0 saturated heterocycles. The van der Waals surface area contributed by atoms with Crippen LogP contribution in [0, 0.1) is 6.92 Å². The van der Waals surface area contributed by atoms with Gasteiger partial charge < -0.3 is 4.55 Å². The molecule has 0 bridgehead atoms. The van der Waals surface area contributed by atoms with Crippen molar-refractivity contribution in [2.24, 2.45) is 0 Å². The molecule has 0 unspecified atom stereocenters. The first-order valence-corrected chi connectivity index (χ1v) is 10.3. The molecule has 0 aliphatic heterocycles. The van der Waals surface area contributed by atoms with Crippen LogP contribution in [0.1, 0.15) is 10.6 Å². The number of hydrogen-bond acceptors (Lipinski definition) is 5. The largest absolute Gasteiger partial charge is 0.741 e. The summed E-state index contributed by atoms with van der Waals surface area (Å²) in [5.41, 5.74) is -4.46. The molecule has 0 aliphatic rings. The summed E-state index contributed by atoms with van der Waals surface area (Å²) in [5, 5.41) is 0. The van der Waals surface area contributed by atoms with E-state index in [9.17, 15) is 18.0 Å². The Balaban J connectivity index is 0.000000307. The number of esters is 1. The van der Waals surface area contributed by atoms with Gasteiger partial charge in [0.05, 0.1) is 0 Å². The van der Waals surface area contributed by atoms with Gasteiger partial charge in [0.1, 0.15) is 0 Å². The zero-order chi connectivity index (χ0) is 18.5. The second-order valence-electron chi connectivity index (χ2n) is 4.38. The van der Waals surface area contributed by atoms with E-state index in [-0.39, 0.29) is 26.4 Å². The molecular formula is C13H14F3NO5STe. The molecule has 0 saturated carbocycles. The van der Waals surface area contributed by atoms with Crippen LogP contribution in [0.4, 0.5) is 13.2 Å². The molecule has 1 aromatic heterocycles. The first-order chi connectivity index (χ1) is 11.0. The normalized spacial score (nSPS) is 11.8. The fourth-order valence-corrected chi connectivity index (χ4v) is 4.60. The summed E-state index contributed by atoms with van der Waals surface area (Å²) >= 11 is -0.272. The minimum atomic E-state index is -6.09. The van der Waals surface area contributed by atoms with Gasteiger partial charge >= 0.3 is 110 Å². The molecular weight excluding hydrogens is 467 g/mol. The third-order valence-corrected chi connectivity index (χ3v) is 6.32. The summed E-state index contributed by atoms with van der Waals surface area (Å²) in [6.07, 6.45) is 0. The number of aryl methyl sites for hydroxylation is 1. The van der Waals surface area contributed by atoms with Crippen molar-refractivity contribution in [2.75, 3.05) is 6.61 Å². The van der Waals surface area contributed by atoms with Gasteiger partial charge in [-0.3, -0.25) is 0 Å². The van der Waals surface area contributed by atoms with Crippen LogP contribution in [0.15, 0.2) is 24.3 Å². The van der Waals surface area contributed by atoms with Crippen molar-refractivity contribution in [1.82, 2.24) is 0 Å². The Bertz CT molecular complexity index is 817. The summed E-state index contributed by atoms with van der Waals surface area (Å²) in [5.74, 6) is -0.147. The van der Waals surface area contributed by atoms with Crippen molar-refractivity contribution in [3.63, 3.8) is 0 Å². The third-order valence-electron chi connectivity index (χ3n) is 2.67. The van der Waals surface area contributed by atoms with Gasteiger partial charge in [0.2, 0.25) is 0 Å². The Morgan fingerprint density at radius 1 is 1.33 bits per heavy atom. The number of rotatable bonds is 3. The van der Waals surface area contributed by atoms with Gasteiger partial charge in [-0.05, 0) is 0 Å². The van der Waals surface area contributed by atoms with Crippen LogP contribution in [0.25, 0.3) is 8.92 Å². The van der Waals surface area contributed by atoms with Gasteiger partial charge in [0, 0.05) is 0 Å². The number of fused-ring (bicyclic) bond motifs is 1. The number of carbonyl (C=O) groups is 1. The van der Waals surface area contributed by atoms with Crippen LogP contribution in [0.3, 0.4) is 0 Å². The van der Waals surface area contributed by atoms with Crippen LogP contribution in [0.2, 0.25) is 0 Å². The van der Waals surface area contributed by atoms with E-state index in [2.05, 4.69) is 29.7 Å². The first-order valence-electron chi connectivity index (χ1n) is 6.53. The minimum Gasteiger partial charge on any atom is -0.741 e.